The molecule has 3 heterocycles. The Kier molecular flexibility index (Phi) is 5.77. The second-order valence-electron chi connectivity index (χ2n) is 7.21. The first-order valence-corrected chi connectivity index (χ1v) is 9.81. The minimum atomic E-state index is -0.123. The van der Waals surface area contributed by atoms with Crippen LogP contribution in [0.5, 0.6) is 0 Å². The minimum Gasteiger partial charge on any atom is -0.348 e. The Labute approximate surface area is 165 Å². The molecular weight excluding hydrogens is 350 g/mol. The average Bonchev–Trinajstić information content (AvgIpc) is 3.29. The maximum atomic E-state index is 12.4. The Morgan fingerprint density at radius 2 is 1.79 bits per heavy atom. The molecule has 0 radical (unpaired) electrons. The van der Waals surface area contributed by atoms with Gasteiger partial charge in [-0.25, -0.2) is 9.97 Å². The summed E-state index contributed by atoms with van der Waals surface area (Å²) in [5, 5.41) is 2.96. The third-order valence-corrected chi connectivity index (χ3v) is 5.11. The van der Waals surface area contributed by atoms with E-state index in [1.807, 2.05) is 12.3 Å². The molecule has 2 aromatic heterocycles. The molecule has 4 rings (SSSR count). The van der Waals surface area contributed by atoms with E-state index in [9.17, 15) is 4.79 Å². The number of hydrogen-bond donors (Lipinski definition) is 1. The second kappa shape index (κ2) is 8.80. The fourth-order valence-electron chi connectivity index (χ4n) is 3.49. The second-order valence-corrected chi connectivity index (χ2v) is 7.21. The molecule has 1 saturated heterocycles. The van der Waals surface area contributed by atoms with Crippen LogP contribution < -0.4 is 5.32 Å². The van der Waals surface area contributed by atoms with E-state index in [-0.39, 0.29) is 5.91 Å². The predicted molar refractivity (Wildman–Crippen MR) is 108 cm³/mol. The summed E-state index contributed by atoms with van der Waals surface area (Å²) in [6.07, 6.45) is 10.8. The van der Waals surface area contributed by atoms with Gasteiger partial charge in [-0.05, 0) is 49.2 Å². The molecule has 1 fully saturated rings. The van der Waals surface area contributed by atoms with Crippen molar-refractivity contribution in [1.82, 2.24) is 24.8 Å². The van der Waals surface area contributed by atoms with Crippen molar-refractivity contribution in [3.05, 3.63) is 78.0 Å². The van der Waals surface area contributed by atoms with Gasteiger partial charge in [0.25, 0.3) is 5.91 Å². The smallest absolute Gasteiger partial charge is 0.253 e. The van der Waals surface area contributed by atoms with Crippen molar-refractivity contribution in [3.8, 4) is 5.82 Å². The molecule has 0 bridgehead atoms. The molecule has 28 heavy (non-hydrogen) atoms. The molecule has 6 heteroatoms. The fourth-order valence-corrected chi connectivity index (χ4v) is 3.49. The van der Waals surface area contributed by atoms with Crippen LogP contribution in [0.3, 0.4) is 0 Å². The highest BCUT2D eigenvalue weighted by molar-refractivity contribution is 5.93. The largest absolute Gasteiger partial charge is 0.348 e. The normalized spacial score (nSPS) is 14.7. The van der Waals surface area contributed by atoms with Crippen LogP contribution in [0.4, 0.5) is 0 Å². The summed E-state index contributed by atoms with van der Waals surface area (Å²) in [5.41, 5.74) is 2.97. The van der Waals surface area contributed by atoms with Gasteiger partial charge < -0.3 is 5.32 Å². The van der Waals surface area contributed by atoms with Crippen LogP contribution in [0.2, 0.25) is 0 Å². The van der Waals surface area contributed by atoms with E-state index in [0.717, 1.165) is 17.9 Å². The van der Waals surface area contributed by atoms with Crippen LogP contribution >= 0.6 is 0 Å². The van der Waals surface area contributed by atoms with Crippen molar-refractivity contribution in [1.29, 1.82) is 0 Å². The SMILES string of the molecule is O=C(NCc1ccc(CN2CCCCC2)cc1)c1ccc(-n2ccnc2)nc1. The molecule has 144 valence electrons. The Bertz CT molecular complexity index is 882. The zero-order valence-electron chi connectivity index (χ0n) is 15.9. The topological polar surface area (TPSA) is 63.1 Å². The molecule has 1 amide bonds. The van der Waals surface area contributed by atoms with Gasteiger partial charge in [-0.1, -0.05) is 30.7 Å². The van der Waals surface area contributed by atoms with Gasteiger partial charge >= 0.3 is 0 Å². The summed E-state index contributed by atoms with van der Waals surface area (Å²) in [6.45, 7) is 3.92. The molecule has 0 saturated carbocycles. The highest BCUT2D eigenvalue weighted by Crippen LogP contribution is 2.14. The molecule has 3 aromatic rings. The monoisotopic (exact) mass is 375 g/mol. The Balaban J connectivity index is 1.29. The first-order valence-electron chi connectivity index (χ1n) is 9.81. The van der Waals surface area contributed by atoms with Gasteiger partial charge in [0, 0.05) is 31.7 Å². The van der Waals surface area contributed by atoms with Gasteiger partial charge in [-0.15, -0.1) is 0 Å². The van der Waals surface area contributed by atoms with Crippen molar-refractivity contribution in [2.75, 3.05) is 13.1 Å². The summed E-state index contributed by atoms with van der Waals surface area (Å²) in [5.74, 6) is 0.611. The van der Waals surface area contributed by atoms with Crippen LogP contribution in [0.15, 0.2) is 61.3 Å². The number of carbonyl (C=O) groups is 1. The lowest BCUT2D eigenvalue weighted by atomic mass is 10.1. The number of benzene rings is 1. The Hall–Kier alpha value is -2.99. The summed E-state index contributed by atoms with van der Waals surface area (Å²) in [4.78, 5) is 23.2. The maximum Gasteiger partial charge on any atom is 0.253 e. The summed E-state index contributed by atoms with van der Waals surface area (Å²) in [7, 11) is 0. The van der Waals surface area contributed by atoms with Gasteiger partial charge in [-0.2, -0.15) is 0 Å². The number of pyridine rings is 1. The number of imidazole rings is 1. The zero-order chi connectivity index (χ0) is 19.2. The number of nitrogens with zero attached hydrogens (tertiary/aromatic N) is 4. The zero-order valence-corrected chi connectivity index (χ0v) is 15.9. The molecule has 0 unspecified atom stereocenters. The van der Waals surface area contributed by atoms with Gasteiger partial charge in [-0.3, -0.25) is 14.3 Å². The third-order valence-electron chi connectivity index (χ3n) is 5.11. The van der Waals surface area contributed by atoms with Crippen molar-refractivity contribution < 1.29 is 4.79 Å². The maximum absolute atomic E-state index is 12.4. The van der Waals surface area contributed by atoms with E-state index < -0.39 is 0 Å². The molecule has 1 aliphatic heterocycles. The van der Waals surface area contributed by atoms with Crippen LogP contribution in [0.25, 0.3) is 5.82 Å². The lowest BCUT2D eigenvalue weighted by molar-refractivity contribution is 0.0950. The van der Waals surface area contributed by atoms with Crippen molar-refractivity contribution in [2.45, 2.75) is 32.4 Å². The van der Waals surface area contributed by atoms with E-state index in [1.165, 1.54) is 37.9 Å². The van der Waals surface area contributed by atoms with E-state index in [4.69, 9.17) is 0 Å². The molecule has 0 aliphatic carbocycles. The fraction of sp³-hybridized carbons (Fsp3) is 0.318. The first-order chi connectivity index (χ1) is 13.8. The van der Waals surface area contributed by atoms with E-state index >= 15 is 0 Å². The van der Waals surface area contributed by atoms with Crippen molar-refractivity contribution in [3.63, 3.8) is 0 Å². The highest BCUT2D eigenvalue weighted by atomic mass is 16.1. The molecule has 1 N–H and O–H groups in total. The molecule has 0 atom stereocenters. The molecule has 0 spiro atoms. The predicted octanol–water partition coefficient (Wildman–Crippen LogP) is 3.18. The number of aromatic nitrogens is 3. The Morgan fingerprint density at radius 3 is 2.46 bits per heavy atom. The van der Waals surface area contributed by atoms with Crippen molar-refractivity contribution >= 4 is 5.91 Å². The molecule has 1 aromatic carbocycles. The number of likely N-dealkylation sites (tertiary alicyclic amines) is 1. The number of hydrogen-bond acceptors (Lipinski definition) is 4. The summed E-state index contributed by atoms with van der Waals surface area (Å²) in [6, 6.07) is 12.1. The van der Waals surface area contributed by atoms with Crippen LogP contribution in [0.1, 0.15) is 40.7 Å². The van der Waals surface area contributed by atoms with Gasteiger partial charge in [0.15, 0.2) is 0 Å². The lowest BCUT2D eigenvalue weighted by Crippen LogP contribution is -2.29. The van der Waals surface area contributed by atoms with E-state index in [0.29, 0.717) is 12.1 Å². The minimum absolute atomic E-state index is 0.123. The first kappa shape index (κ1) is 18.4. The number of amides is 1. The number of piperidine rings is 1. The lowest BCUT2D eigenvalue weighted by Gasteiger charge is -2.26. The average molecular weight is 375 g/mol. The quantitative estimate of drug-likeness (QED) is 0.719. The summed E-state index contributed by atoms with van der Waals surface area (Å²) >= 11 is 0. The van der Waals surface area contributed by atoms with Crippen LogP contribution in [-0.4, -0.2) is 38.4 Å². The third kappa shape index (κ3) is 4.64. The summed E-state index contributed by atoms with van der Waals surface area (Å²) < 4.78 is 1.80. The van der Waals surface area contributed by atoms with Crippen molar-refractivity contribution in [2.24, 2.45) is 0 Å². The molecule has 1 aliphatic rings. The number of carbonyl (C=O) groups excluding carboxylic acids is 1. The number of nitrogens with one attached hydrogen (secondary N) is 1. The van der Waals surface area contributed by atoms with Gasteiger partial charge in [0.05, 0.1) is 5.56 Å². The van der Waals surface area contributed by atoms with Gasteiger partial charge in [0.2, 0.25) is 0 Å². The van der Waals surface area contributed by atoms with Crippen LogP contribution in [-0.2, 0) is 13.1 Å². The van der Waals surface area contributed by atoms with E-state index in [2.05, 4.69) is 44.5 Å². The highest BCUT2D eigenvalue weighted by Gasteiger charge is 2.10. The number of rotatable bonds is 6. The standard InChI is InChI=1S/C22H25N5O/c28-22(20-8-9-21(24-15-20)27-13-10-23-17-27)25-14-18-4-6-19(7-5-18)16-26-11-2-1-3-12-26/h4-10,13,15,17H,1-3,11-12,14,16H2,(H,25,28). The van der Waals surface area contributed by atoms with Crippen LogP contribution in [0, 0.1) is 0 Å². The molecule has 6 nitrogen and oxygen atoms in total. The molecular formula is C22H25N5O. The van der Waals surface area contributed by atoms with E-state index in [1.54, 1.807) is 29.4 Å². The van der Waals surface area contributed by atoms with Gasteiger partial charge in [0.1, 0.15) is 12.1 Å². The Morgan fingerprint density at radius 1 is 1.00 bits per heavy atom.